The Morgan fingerprint density at radius 3 is 2.06 bits per heavy atom. The minimum absolute atomic E-state index is 0.383. The second-order valence-electron chi connectivity index (χ2n) is 9.43. The number of H-pyrrole nitrogens is 1. The Kier molecular flexibility index (Phi) is 5.29. The summed E-state index contributed by atoms with van der Waals surface area (Å²) in [6, 6.07) is 17.5. The molecule has 0 spiro atoms. The van der Waals surface area contributed by atoms with Crippen molar-refractivity contribution in [1.29, 1.82) is 0 Å². The number of amides is 1. The molecule has 4 nitrogen and oxygen atoms in total. The summed E-state index contributed by atoms with van der Waals surface area (Å²) in [7, 11) is 0. The average molecular weight is 449 g/mol. The number of nitrogens with one attached hydrogen (secondary N) is 1. The molecule has 0 saturated carbocycles. The molecule has 1 N–H and O–H groups in total. The van der Waals surface area contributed by atoms with Gasteiger partial charge in [-0.05, 0) is 66.4 Å². The summed E-state index contributed by atoms with van der Waals surface area (Å²) in [6.07, 6.45) is 11.4. The highest BCUT2D eigenvalue weighted by Crippen LogP contribution is 2.38. The number of aryl methyl sites for hydroxylation is 2. The summed E-state index contributed by atoms with van der Waals surface area (Å²) < 4.78 is 0. The van der Waals surface area contributed by atoms with E-state index >= 15 is 0 Å². The summed E-state index contributed by atoms with van der Waals surface area (Å²) in [5, 5.41) is 1.84. The molecule has 1 aromatic heterocycles. The van der Waals surface area contributed by atoms with Gasteiger partial charge in [0.15, 0.2) is 0 Å². The number of piperidine rings is 1. The van der Waals surface area contributed by atoms with Crippen molar-refractivity contribution in [3.05, 3.63) is 98.7 Å². The van der Waals surface area contributed by atoms with Crippen molar-refractivity contribution in [2.45, 2.75) is 38.5 Å². The summed E-state index contributed by atoms with van der Waals surface area (Å²) in [6.45, 7) is 1.16. The molecule has 1 saturated heterocycles. The van der Waals surface area contributed by atoms with E-state index in [1.165, 1.54) is 33.4 Å². The van der Waals surface area contributed by atoms with Crippen LogP contribution in [0.1, 0.15) is 58.3 Å². The van der Waals surface area contributed by atoms with E-state index in [2.05, 4.69) is 65.7 Å². The van der Waals surface area contributed by atoms with Gasteiger partial charge in [0.25, 0.3) is 11.7 Å². The summed E-state index contributed by atoms with van der Waals surface area (Å²) in [4.78, 5) is 31.1. The Morgan fingerprint density at radius 2 is 1.38 bits per heavy atom. The van der Waals surface area contributed by atoms with E-state index in [1.54, 1.807) is 11.1 Å². The molecule has 1 fully saturated rings. The number of rotatable bonds is 2. The van der Waals surface area contributed by atoms with Crippen molar-refractivity contribution in [3.63, 3.8) is 0 Å². The van der Waals surface area contributed by atoms with Crippen LogP contribution in [-0.2, 0) is 17.6 Å². The molecule has 0 bridgehead atoms. The Bertz CT molecular complexity index is 1400. The third kappa shape index (κ3) is 3.54. The number of Topliss-reactive ketones (excluding diaryl/α,β-unsaturated/α-hetero) is 1. The van der Waals surface area contributed by atoms with Gasteiger partial charge in [0.05, 0.1) is 5.56 Å². The SMILES string of the molecule is O=C(C(=O)N1CCC(=C2c3ccccc3CCc3ccccc32)CC1)c1c[nH]c2c1=CCCC=2. The smallest absolute Gasteiger partial charge is 0.295 e. The number of carbonyl (C=O) groups is 2. The lowest BCUT2D eigenvalue weighted by atomic mass is 9.86. The van der Waals surface area contributed by atoms with E-state index in [0.29, 0.717) is 18.7 Å². The van der Waals surface area contributed by atoms with Gasteiger partial charge >= 0.3 is 0 Å². The predicted octanol–water partition coefficient (Wildman–Crippen LogP) is 3.78. The monoisotopic (exact) mass is 448 g/mol. The molecule has 170 valence electrons. The van der Waals surface area contributed by atoms with Crippen LogP contribution < -0.4 is 10.6 Å². The fourth-order valence-electron chi connectivity index (χ4n) is 5.73. The molecule has 2 heterocycles. The molecular formula is C30H28N2O2. The molecule has 3 aromatic rings. The highest BCUT2D eigenvalue weighted by Gasteiger charge is 2.29. The topological polar surface area (TPSA) is 53.2 Å². The standard InChI is InChI=1S/C30H28N2O2/c33-29(26-19-31-27-12-6-5-11-25(26)27)30(34)32-17-15-22(16-18-32)28-23-9-3-1-7-20(23)13-14-21-8-2-4-10-24(21)28/h1-4,7-12,19,31H,5-6,13-18H2. The van der Waals surface area contributed by atoms with Gasteiger partial charge in [0.1, 0.15) is 0 Å². The second kappa shape index (κ2) is 8.60. The highest BCUT2D eigenvalue weighted by molar-refractivity contribution is 6.42. The summed E-state index contributed by atoms with van der Waals surface area (Å²) >= 11 is 0. The Labute approximate surface area is 199 Å². The van der Waals surface area contributed by atoms with Crippen LogP contribution in [0.3, 0.4) is 0 Å². The quantitative estimate of drug-likeness (QED) is 0.479. The van der Waals surface area contributed by atoms with Crippen LogP contribution in [0.4, 0.5) is 0 Å². The lowest BCUT2D eigenvalue weighted by molar-refractivity contribution is -0.126. The lowest BCUT2D eigenvalue weighted by Gasteiger charge is -2.30. The molecule has 3 aliphatic rings. The number of aromatic nitrogens is 1. The fraction of sp³-hybridized carbons (Fsp3) is 0.267. The molecule has 34 heavy (non-hydrogen) atoms. The van der Waals surface area contributed by atoms with E-state index in [4.69, 9.17) is 0 Å². The lowest BCUT2D eigenvalue weighted by Crippen LogP contribution is -2.42. The maximum atomic E-state index is 13.1. The van der Waals surface area contributed by atoms with Crippen LogP contribution in [0, 0.1) is 0 Å². The van der Waals surface area contributed by atoms with E-state index in [0.717, 1.165) is 49.1 Å². The third-order valence-corrected chi connectivity index (χ3v) is 7.50. The van der Waals surface area contributed by atoms with Gasteiger partial charge < -0.3 is 9.88 Å². The van der Waals surface area contributed by atoms with Gasteiger partial charge in [0.2, 0.25) is 0 Å². The minimum Gasteiger partial charge on any atom is -0.361 e. The number of hydrogen-bond donors (Lipinski definition) is 1. The van der Waals surface area contributed by atoms with E-state index in [-0.39, 0.29) is 5.91 Å². The van der Waals surface area contributed by atoms with Gasteiger partial charge in [-0.3, -0.25) is 9.59 Å². The number of carbonyl (C=O) groups excluding carboxylic acids is 2. The first-order valence-electron chi connectivity index (χ1n) is 12.3. The number of fused-ring (bicyclic) bond motifs is 3. The Morgan fingerprint density at radius 1 is 0.765 bits per heavy atom. The molecule has 0 unspecified atom stereocenters. The van der Waals surface area contributed by atoms with Crippen molar-refractivity contribution in [1.82, 2.24) is 9.88 Å². The second-order valence-corrected chi connectivity index (χ2v) is 9.43. The predicted molar refractivity (Wildman–Crippen MR) is 135 cm³/mol. The van der Waals surface area contributed by atoms with Gasteiger partial charge in [-0.2, -0.15) is 0 Å². The fourth-order valence-corrected chi connectivity index (χ4v) is 5.73. The zero-order valence-corrected chi connectivity index (χ0v) is 19.3. The molecule has 1 amide bonds. The van der Waals surface area contributed by atoms with Crippen LogP contribution >= 0.6 is 0 Å². The number of aromatic amines is 1. The van der Waals surface area contributed by atoms with E-state index < -0.39 is 5.78 Å². The molecule has 2 aromatic carbocycles. The summed E-state index contributed by atoms with van der Waals surface area (Å²) in [5.74, 6) is -0.781. The average Bonchev–Trinajstić information content (AvgIpc) is 3.25. The number of benzene rings is 2. The number of hydrogen-bond acceptors (Lipinski definition) is 2. The van der Waals surface area contributed by atoms with Crippen LogP contribution in [0.2, 0.25) is 0 Å². The van der Waals surface area contributed by atoms with Crippen LogP contribution in [0.15, 0.2) is 60.3 Å². The third-order valence-electron chi connectivity index (χ3n) is 7.50. The molecular weight excluding hydrogens is 420 g/mol. The molecule has 0 atom stereocenters. The van der Waals surface area contributed by atoms with Gasteiger partial charge in [-0.25, -0.2) is 0 Å². The summed E-state index contributed by atoms with van der Waals surface area (Å²) in [5.41, 5.74) is 8.66. The zero-order chi connectivity index (χ0) is 23.1. The maximum Gasteiger partial charge on any atom is 0.295 e. The van der Waals surface area contributed by atoms with Crippen molar-refractivity contribution >= 4 is 29.4 Å². The Balaban J connectivity index is 1.30. The van der Waals surface area contributed by atoms with Crippen molar-refractivity contribution in [2.75, 3.05) is 13.1 Å². The number of likely N-dealkylation sites (tertiary alicyclic amines) is 1. The molecule has 2 aliphatic carbocycles. The van der Waals surface area contributed by atoms with Crippen molar-refractivity contribution in [3.8, 4) is 0 Å². The molecule has 0 radical (unpaired) electrons. The Hall–Kier alpha value is -3.66. The van der Waals surface area contributed by atoms with E-state index in [1.807, 2.05) is 0 Å². The largest absolute Gasteiger partial charge is 0.361 e. The first-order chi connectivity index (χ1) is 16.7. The van der Waals surface area contributed by atoms with Gasteiger partial charge in [-0.15, -0.1) is 0 Å². The molecule has 6 rings (SSSR count). The number of nitrogens with zero attached hydrogens (tertiary/aromatic N) is 1. The molecule has 1 aliphatic heterocycles. The normalized spacial score (nSPS) is 17.0. The van der Waals surface area contributed by atoms with Gasteiger partial charge in [-0.1, -0.05) is 66.3 Å². The maximum absolute atomic E-state index is 13.1. The molecule has 4 heteroatoms. The first kappa shape index (κ1) is 20.9. The van der Waals surface area contributed by atoms with Crippen LogP contribution in [0.5, 0.6) is 0 Å². The van der Waals surface area contributed by atoms with Gasteiger partial charge in [0, 0.05) is 29.9 Å². The van der Waals surface area contributed by atoms with Crippen LogP contribution in [0.25, 0.3) is 17.7 Å². The first-order valence-corrected chi connectivity index (χ1v) is 12.3. The zero-order valence-electron chi connectivity index (χ0n) is 19.3. The number of ketones is 1. The van der Waals surface area contributed by atoms with E-state index in [9.17, 15) is 9.59 Å². The van der Waals surface area contributed by atoms with Crippen molar-refractivity contribution in [2.24, 2.45) is 0 Å². The highest BCUT2D eigenvalue weighted by atomic mass is 16.2. The minimum atomic E-state index is -0.398. The van der Waals surface area contributed by atoms with Crippen molar-refractivity contribution < 1.29 is 9.59 Å². The van der Waals surface area contributed by atoms with Crippen LogP contribution in [-0.4, -0.2) is 34.7 Å².